The van der Waals surface area contributed by atoms with Gasteiger partial charge in [-0.2, -0.15) is 5.10 Å². The van der Waals surface area contributed by atoms with Crippen molar-refractivity contribution in [1.29, 1.82) is 0 Å². The van der Waals surface area contributed by atoms with E-state index in [1.807, 2.05) is 43.8 Å². The Morgan fingerprint density at radius 2 is 2.05 bits per heavy atom. The van der Waals surface area contributed by atoms with E-state index < -0.39 is 5.97 Å². The van der Waals surface area contributed by atoms with E-state index in [-0.39, 0.29) is 11.6 Å². The number of carbonyl (C=O) groups is 1. The van der Waals surface area contributed by atoms with Crippen LogP contribution in [0.25, 0.3) is 11.1 Å². The summed E-state index contributed by atoms with van der Waals surface area (Å²) < 4.78 is 2.60. The molecule has 0 fully saturated rings. The van der Waals surface area contributed by atoms with Gasteiger partial charge in [0.05, 0.1) is 11.3 Å². The largest absolute Gasteiger partial charge is 0.478 e. The third-order valence-electron chi connectivity index (χ3n) is 2.95. The number of carboxylic acids is 1. The van der Waals surface area contributed by atoms with E-state index in [9.17, 15) is 9.90 Å². The zero-order valence-electron chi connectivity index (χ0n) is 11.0. The molecule has 19 heavy (non-hydrogen) atoms. The van der Waals surface area contributed by atoms with E-state index in [1.165, 1.54) is 0 Å². The van der Waals surface area contributed by atoms with E-state index in [0.29, 0.717) is 5.56 Å². The maximum Gasteiger partial charge on any atom is 0.336 e. The first kappa shape index (κ1) is 13.8. The zero-order valence-corrected chi connectivity index (χ0v) is 12.6. The molecule has 0 aliphatic rings. The summed E-state index contributed by atoms with van der Waals surface area (Å²) in [6, 6.07) is 5.51. The molecule has 0 aliphatic carbocycles. The molecule has 0 spiro atoms. The number of aryl methyl sites for hydroxylation is 1. The molecule has 2 aromatic rings. The van der Waals surface area contributed by atoms with Crippen molar-refractivity contribution in [3.8, 4) is 11.1 Å². The lowest BCUT2D eigenvalue weighted by Crippen LogP contribution is -2.00. The zero-order chi connectivity index (χ0) is 14.2. The molecule has 5 heteroatoms. The van der Waals surface area contributed by atoms with Crippen LogP contribution in [0.5, 0.6) is 0 Å². The monoisotopic (exact) mass is 322 g/mol. The molecule has 0 saturated heterocycles. The molecule has 2 rings (SSSR count). The van der Waals surface area contributed by atoms with Gasteiger partial charge in [0.25, 0.3) is 0 Å². The van der Waals surface area contributed by atoms with Gasteiger partial charge in [-0.25, -0.2) is 4.79 Å². The van der Waals surface area contributed by atoms with E-state index in [0.717, 1.165) is 15.7 Å². The first-order valence-electron chi connectivity index (χ1n) is 5.99. The SMILES string of the molecule is Cc1nn(C(C)C)cc1-c1ccc(Br)cc1C(=O)O. The van der Waals surface area contributed by atoms with Crippen LogP contribution in [-0.2, 0) is 0 Å². The fourth-order valence-electron chi connectivity index (χ4n) is 1.94. The molecule has 0 saturated carbocycles. The second-order valence-electron chi connectivity index (χ2n) is 4.70. The Balaban J connectivity index is 2.61. The number of rotatable bonds is 3. The summed E-state index contributed by atoms with van der Waals surface area (Å²) in [5, 5.41) is 13.7. The summed E-state index contributed by atoms with van der Waals surface area (Å²) in [6.45, 7) is 5.97. The minimum absolute atomic E-state index is 0.246. The highest BCUT2D eigenvalue weighted by atomic mass is 79.9. The van der Waals surface area contributed by atoms with E-state index in [4.69, 9.17) is 0 Å². The fraction of sp³-hybridized carbons (Fsp3) is 0.286. The van der Waals surface area contributed by atoms with Crippen LogP contribution in [-0.4, -0.2) is 20.9 Å². The predicted octanol–water partition coefficient (Wildman–Crippen LogP) is 3.90. The lowest BCUT2D eigenvalue weighted by atomic mass is 10.0. The van der Waals surface area contributed by atoms with Crippen molar-refractivity contribution in [1.82, 2.24) is 9.78 Å². The predicted molar refractivity (Wildman–Crippen MR) is 77.4 cm³/mol. The van der Waals surface area contributed by atoms with Gasteiger partial charge in [-0.15, -0.1) is 0 Å². The van der Waals surface area contributed by atoms with Crippen molar-refractivity contribution in [3.05, 3.63) is 40.1 Å². The van der Waals surface area contributed by atoms with Gasteiger partial charge in [-0.1, -0.05) is 22.0 Å². The molecule has 0 atom stereocenters. The van der Waals surface area contributed by atoms with Crippen molar-refractivity contribution >= 4 is 21.9 Å². The van der Waals surface area contributed by atoms with Crippen molar-refractivity contribution in [2.75, 3.05) is 0 Å². The molecular formula is C14H15BrN2O2. The van der Waals surface area contributed by atoms with Crippen molar-refractivity contribution in [2.24, 2.45) is 0 Å². The van der Waals surface area contributed by atoms with Crippen LogP contribution in [0.1, 0.15) is 35.9 Å². The topological polar surface area (TPSA) is 55.1 Å². The molecule has 1 N–H and O–H groups in total. The van der Waals surface area contributed by atoms with Crippen LogP contribution in [0.15, 0.2) is 28.9 Å². The maximum absolute atomic E-state index is 11.4. The molecule has 0 aliphatic heterocycles. The van der Waals surface area contributed by atoms with Crippen molar-refractivity contribution in [2.45, 2.75) is 26.8 Å². The second kappa shape index (κ2) is 5.17. The van der Waals surface area contributed by atoms with Crippen LogP contribution < -0.4 is 0 Å². The molecule has 0 amide bonds. The normalized spacial score (nSPS) is 11.0. The Bertz CT molecular complexity index is 632. The minimum Gasteiger partial charge on any atom is -0.478 e. The molecule has 1 aromatic carbocycles. The number of hydrogen-bond donors (Lipinski definition) is 1. The number of nitrogens with zero attached hydrogens (tertiary/aromatic N) is 2. The Labute approximate surface area is 120 Å². The van der Waals surface area contributed by atoms with Crippen molar-refractivity contribution in [3.63, 3.8) is 0 Å². The third kappa shape index (κ3) is 2.71. The molecular weight excluding hydrogens is 308 g/mol. The number of hydrogen-bond acceptors (Lipinski definition) is 2. The standard InChI is InChI=1S/C14H15BrN2O2/c1-8(2)17-7-13(9(3)16-17)11-5-4-10(15)6-12(11)14(18)19/h4-8H,1-3H3,(H,18,19). The molecule has 100 valence electrons. The average molecular weight is 323 g/mol. The average Bonchev–Trinajstić information content (AvgIpc) is 2.71. The number of aromatic carboxylic acids is 1. The molecule has 1 heterocycles. The van der Waals surface area contributed by atoms with Crippen LogP contribution >= 0.6 is 15.9 Å². The Morgan fingerprint density at radius 1 is 1.37 bits per heavy atom. The van der Waals surface area contributed by atoms with Gasteiger partial charge >= 0.3 is 5.97 Å². The Morgan fingerprint density at radius 3 is 2.58 bits per heavy atom. The maximum atomic E-state index is 11.4. The van der Waals surface area contributed by atoms with Gasteiger partial charge in [0.2, 0.25) is 0 Å². The van der Waals surface area contributed by atoms with E-state index >= 15 is 0 Å². The minimum atomic E-state index is -0.937. The summed E-state index contributed by atoms with van der Waals surface area (Å²) >= 11 is 3.30. The molecule has 0 unspecified atom stereocenters. The molecule has 4 nitrogen and oxygen atoms in total. The highest BCUT2D eigenvalue weighted by Crippen LogP contribution is 2.29. The van der Waals surface area contributed by atoms with Crippen LogP contribution in [0.2, 0.25) is 0 Å². The highest BCUT2D eigenvalue weighted by molar-refractivity contribution is 9.10. The summed E-state index contributed by atoms with van der Waals surface area (Å²) in [6.07, 6.45) is 1.90. The summed E-state index contributed by atoms with van der Waals surface area (Å²) in [4.78, 5) is 11.4. The fourth-order valence-corrected chi connectivity index (χ4v) is 2.30. The highest BCUT2D eigenvalue weighted by Gasteiger charge is 2.16. The van der Waals surface area contributed by atoms with Crippen LogP contribution in [0.3, 0.4) is 0 Å². The smallest absolute Gasteiger partial charge is 0.336 e. The number of halogens is 1. The van der Waals surface area contributed by atoms with E-state index in [1.54, 1.807) is 6.07 Å². The number of carboxylic acid groups (broad SMARTS) is 1. The van der Waals surface area contributed by atoms with Crippen LogP contribution in [0, 0.1) is 6.92 Å². The van der Waals surface area contributed by atoms with Gasteiger partial charge in [-0.3, -0.25) is 4.68 Å². The van der Waals surface area contributed by atoms with Gasteiger partial charge in [0, 0.05) is 22.3 Å². The van der Waals surface area contributed by atoms with E-state index in [2.05, 4.69) is 21.0 Å². The Hall–Kier alpha value is -1.62. The lowest BCUT2D eigenvalue weighted by molar-refractivity contribution is 0.0697. The van der Waals surface area contributed by atoms with Gasteiger partial charge in [-0.05, 0) is 38.5 Å². The summed E-state index contributed by atoms with van der Waals surface area (Å²) in [7, 11) is 0. The van der Waals surface area contributed by atoms with Gasteiger partial charge in [0.15, 0.2) is 0 Å². The lowest BCUT2D eigenvalue weighted by Gasteiger charge is -2.06. The van der Waals surface area contributed by atoms with Gasteiger partial charge in [0.1, 0.15) is 0 Å². The number of aromatic nitrogens is 2. The van der Waals surface area contributed by atoms with Crippen molar-refractivity contribution < 1.29 is 9.90 Å². The van der Waals surface area contributed by atoms with Crippen LogP contribution in [0.4, 0.5) is 0 Å². The molecule has 0 radical (unpaired) electrons. The quantitative estimate of drug-likeness (QED) is 0.932. The first-order chi connectivity index (χ1) is 8.90. The first-order valence-corrected chi connectivity index (χ1v) is 6.78. The Kier molecular flexibility index (Phi) is 3.75. The number of benzene rings is 1. The summed E-state index contributed by atoms with van der Waals surface area (Å²) in [5.41, 5.74) is 2.66. The van der Waals surface area contributed by atoms with Gasteiger partial charge < -0.3 is 5.11 Å². The third-order valence-corrected chi connectivity index (χ3v) is 3.44. The molecule has 0 bridgehead atoms. The molecule has 1 aromatic heterocycles. The second-order valence-corrected chi connectivity index (χ2v) is 5.61. The summed E-state index contributed by atoms with van der Waals surface area (Å²) in [5.74, 6) is -0.937.